The summed E-state index contributed by atoms with van der Waals surface area (Å²) in [5, 5.41) is 4.50. The molecule has 2 aliphatic rings. The second kappa shape index (κ2) is 5.82. The quantitative estimate of drug-likeness (QED) is 0.888. The molecule has 1 aliphatic heterocycles. The van der Waals surface area contributed by atoms with Gasteiger partial charge < -0.3 is 5.32 Å². The maximum atomic E-state index is 6.23. The van der Waals surface area contributed by atoms with Crippen LogP contribution < -0.4 is 5.32 Å². The highest BCUT2D eigenvalue weighted by Crippen LogP contribution is 2.29. The van der Waals surface area contributed by atoms with Crippen molar-refractivity contribution in [1.82, 2.24) is 10.2 Å². The van der Waals surface area contributed by atoms with Crippen molar-refractivity contribution in [3.05, 3.63) is 34.3 Å². The predicted molar refractivity (Wildman–Crippen MR) is 80.6 cm³/mol. The van der Waals surface area contributed by atoms with Gasteiger partial charge in [0.2, 0.25) is 0 Å². The Labute approximate surface area is 121 Å². The third kappa shape index (κ3) is 3.50. The lowest BCUT2D eigenvalue weighted by Gasteiger charge is -2.25. The minimum atomic E-state index is 0.696. The molecule has 1 aliphatic carbocycles. The molecular weight excluding hydrogens is 256 g/mol. The highest BCUT2D eigenvalue weighted by atomic mass is 35.5. The zero-order valence-electron chi connectivity index (χ0n) is 11.7. The van der Waals surface area contributed by atoms with E-state index in [-0.39, 0.29) is 0 Å². The van der Waals surface area contributed by atoms with E-state index >= 15 is 0 Å². The molecule has 1 unspecified atom stereocenters. The van der Waals surface area contributed by atoms with Crippen molar-refractivity contribution in [2.75, 3.05) is 13.1 Å². The maximum Gasteiger partial charge on any atom is 0.0438 e. The van der Waals surface area contributed by atoms with Gasteiger partial charge in [0.05, 0.1) is 0 Å². The molecule has 2 fully saturated rings. The Morgan fingerprint density at radius 2 is 2.16 bits per heavy atom. The molecule has 1 heterocycles. The summed E-state index contributed by atoms with van der Waals surface area (Å²) in [7, 11) is 0. The summed E-state index contributed by atoms with van der Waals surface area (Å²) in [5.41, 5.74) is 2.52. The summed E-state index contributed by atoms with van der Waals surface area (Å²) >= 11 is 6.23. The van der Waals surface area contributed by atoms with Gasteiger partial charge in [0, 0.05) is 30.2 Å². The molecule has 1 N–H and O–H groups in total. The van der Waals surface area contributed by atoms with Gasteiger partial charge in [-0.05, 0) is 56.3 Å². The number of benzene rings is 1. The average Bonchev–Trinajstić information content (AvgIpc) is 3.12. The van der Waals surface area contributed by atoms with Crippen LogP contribution in [0.3, 0.4) is 0 Å². The fourth-order valence-corrected chi connectivity index (χ4v) is 3.15. The number of rotatable bonds is 5. The van der Waals surface area contributed by atoms with Gasteiger partial charge in [0.15, 0.2) is 0 Å². The van der Waals surface area contributed by atoms with Crippen molar-refractivity contribution < 1.29 is 0 Å². The second-order valence-electron chi connectivity index (χ2n) is 6.04. The molecule has 3 heteroatoms. The number of nitrogens with zero attached hydrogens (tertiary/aromatic N) is 1. The topological polar surface area (TPSA) is 15.3 Å². The smallest absolute Gasteiger partial charge is 0.0438 e. The van der Waals surface area contributed by atoms with E-state index in [0.717, 1.165) is 17.6 Å². The van der Waals surface area contributed by atoms with Gasteiger partial charge >= 0.3 is 0 Å². The minimum Gasteiger partial charge on any atom is -0.313 e. The third-order valence-electron chi connectivity index (χ3n) is 4.30. The standard InChI is InChI=1S/C16H23ClN2/c1-12-4-5-13(9-16(12)17)10-19(15-6-7-15)11-14-3-2-8-18-14/h4-5,9,14-15,18H,2-3,6-8,10-11H2,1H3. The molecule has 19 heavy (non-hydrogen) atoms. The molecule has 1 saturated heterocycles. The molecule has 1 atom stereocenters. The monoisotopic (exact) mass is 278 g/mol. The first-order chi connectivity index (χ1) is 9.22. The molecular formula is C16H23ClN2. The normalized spacial score (nSPS) is 23.2. The van der Waals surface area contributed by atoms with Gasteiger partial charge in [0.25, 0.3) is 0 Å². The van der Waals surface area contributed by atoms with Crippen LogP contribution in [-0.4, -0.2) is 30.1 Å². The van der Waals surface area contributed by atoms with Gasteiger partial charge in [-0.3, -0.25) is 4.90 Å². The molecule has 0 radical (unpaired) electrons. The third-order valence-corrected chi connectivity index (χ3v) is 4.71. The predicted octanol–water partition coefficient (Wildman–Crippen LogP) is 3.36. The fraction of sp³-hybridized carbons (Fsp3) is 0.625. The average molecular weight is 279 g/mol. The van der Waals surface area contributed by atoms with Crippen molar-refractivity contribution in [3.63, 3.8) is 0 Å². The van der Waals surface area contributed by atoms with Crippen LogP contribution in [0.4, 0.5) is 0 Å². The van der Waals surface area contributed by atoms with Crippen molar-refractivity contribution in [3.8, 4) is 0 Å². The van der Waals surface area contributed by atoms with E-state index in [1.54, 1.807) is 0 Å². The Morgan fingerprint density at radius 1 is 1.32 bits per heavy atom. The first kappa shape index (κ1) is 13.4. The first-order valence-electron chi connectivity index (χ1n) is 7.45. The van der Waals surface area contributed by atoms with Crippen LogP contribution in [0.5, 0.6) is 0 Å². The maximum absolute atomic E-state index is 6.23. The van der Waals surface area contributed by atoms with Crippen LogP contribution >= 0.6 is 11.6 Å². The zero-order chi connectivity index (χ0) is 13.2. The number of hydrogen-bond donors (Lipinski definition) is 1. The molecule has 3 rings (SSSR count). The number of hydrogen-bond acceptors (Lipinski definition) is 2. The van der Waals surface area contributed by atoms with E-state index in [4.69, 9.17) is 11.6 Å². The van der Waals surface area contributed by atoms with E-state index in [9.17, 15) is 0 Å². The molecule has 0 spiro atoms. The Kier molecular flexibility index (Phi) is 4.11. The molecule has 104 valence electrons. The lowest BCUT2D eigenvalue weighted by atomic mass is 10.1. The SMILES string of the molecule is Cc1ccc(CN(CC2CCCN2)C2CC2)cc1Cl. The summed E-state index contributed by atoms with van der Waals surface area (Å²) < 4.78 is 0. The number of aryl methyl sites for hydroxylation is 1. The fourth-order valence-electron chi connectivity index (χ4n) is 2.95. The van der Waals surface area contributed by atoms with E-state index in [1.165, 1.54) is 49.9 Å². The molecule has 1 saturated carbocycles. The van der Waals surface area contributed by atoms with E-state index in [1.807, 2.05) is 0 Å². The van der Waals surface area contributed by atoms with Crippen LogP contribution in [0.1, 0.15) is 36.8 Å². The highest BCUT2D eigenvalue weighted by Gasteiger charge is 2.31. The molecule has 0 aromatic heterocycles. The zero-order valence-corrected chi connectivity index (χ0v) is 12.4. The molecule has 1 aromatic rings. The summed E-state index contributed by atoms with van der Waals surface area (Å²) in [4.78, 5) is 2.64. The molecule has 1 aromatic carbocycles. The summed E-state index contributed by atoms with van der Waals surface area (Å²) in [5.74, 6) is 0. The lowest BCUT2D eigenvalue weighted by Crippen LogP contribution is -2.38. The largest absolute Gasteiger partial charge is 0.313 e. The summed E-state index contributed by atoms with van der Waals surface area (Å²) in [6.07, 6.45) is 5.40. The van der Waals surface area contributed by atoms with Gasteiger partial charge in [-0.15, -0.1) is 0 Å². The first-order valence-corrected chi connectivity index (χ1v) is 7.82. The highest BCUT2D eigenvalue weighted by molar-refractivity contribution is 6.31. The van der Waals surface area contributed by atoms with Gasteiger partial charge in [-0.25, -0.2) is 0 Å². The Morgan fingerprint density at radius 3 is 2.79 bits per heavy atom. The van der Waals surface area contributed by atoms with Gasteiger partial charge in [-0.2, -0.15) is 0 Å². The van der Waals surface area contributed by atoms with Gasteiger partial charge in [-0.1, -0.05) is 23.7 Å². The summed E-state index contributed by atoms with van der Waals surface area (Å²) in [6, 6.07) is 7.99. The number of nitrogens with one attached hydrogen (secondary N) is 1. The van der Waals surface area contributed by atoms with Crippen LogP contribution in [0.25, 0.3) is 0 Å². The lowest BCUT2D eigenvalue weighted by molar-refractivity contribution is 0.231. The van der Waals surface area contributed by atoms with Crippen LogP contribution in [-0.2, 0) is 6.54 Å². The Hall–Kier alpha value is -0.570. The van der Waals surface area contributed by atoms with Crippen molar-refractivity contribution >= 4 is 11.6 Å². The van der Waals surface area contributed by atoms with E-state index in [0.29, 0.717) is 6.04 Å². The van der Waals surface area contributed by atoms with Gasteiger partial charge in [0.1, 0.15) is 0 Å². The molecule has 0 bridgehead atoms. The van der Waals surface area contributed by atoms with Crippen LogP contribution in [0.2, 0.25) is 5.02 Å². The van der Waals surface area contributed by atoms with Crippen LogP contribution in [0, 0.1) is 6.92 Å². The van der Waals surface area contributed by atoms with Crippen molar-refractivity contribution in [2.45, 2.75) is 51.2 Å². The van der Waals surface area contributed by atoms with Crippen molar-refractivity contribution in [2.24, 2.45) is 0 Å². The van der Waals surface area contributed by atoms with Crippen LogP contribution in [0.15, 0.2) is 18.2 Å². The second-order valence-corrected chi connectivity index (χ2v) is 6.44. The van der Waals surface area contributed by atoms with Crippen molar-refractivity contribution in [1.29, 1.82) is 0 Å². The Bertz CT molecular complexity index is 436. The molecule has 2 nitrogen and oxygen atoms in total. The molecule has 0 amide bonds. The van der Waals surface area contributed by atoms with E-state index < -0.39 is 0 Å². The Balaban J connectivity index is 1.64. The summed E-state index contributed by atoms with van der Waals surface area (Å²) in [6.45, 7) is 5.49. The van der Waals surface area contributed by atoms with E-state index in [2.05, 4.69) is 35.3 Å². The number of halogens is 1. The minimum absolute atomic E-state index is 0.696.